The second-order valence-electron chi connectivity index (χ2n) is 10.7. The molecule has 252 valence electrons. The van der Waals surface area contributed by atoms with Gasteiger partial charge in [-0.15, -0.1) is 0 Å². The number of hydrogen-bond donors (Lipinski definition) is 2. The summed E-state index contributed by atoms with van der Waals surface area (Å²) >= 11 is 6.69. The van der Waals surface area contributed by atoms with E-state index in [0.717, 1.165) is 19.3 Å². The van der Waals surface area contributed by atoms with Crippen LogP contribution < -0.4 is 20.3 Å². The molecule has 0 spiro atoms. The van der Waals surface area contributed by atoms with Gasteiger partial charge in [-0.2, -0.15) is 10.2 Å². The smallest absolute Gasteiger partial charge is 0.344 e. The van der Waals surface area contributed by atoms with E-state index in [2.05, 4.69) is 52.9 Å². The fourth-order valence-electron chi connectivity index (χ4n) is 4.47. The van der Waals surface area contributed by atoms with Gasteiger partial charge < -0.3 is 9.47 Å². The SMILES string of the molecule is O=C(CCCCCCCC(=O)NN=Cc1cccc(OC(=O)c2ccccc2Br)c1)NN=Cc1cccc(OC(=O)c2ccccc2Br)c1. The van der Waals surface area contributed by atoms with Crippen molar-refractivity contribution in [3.8, 4) is 11.5 Å². The number of unbranched alkanes of at least 4 members (excludes halogenated alkanes) is 4. The number of esters is 2. The predicted octanol–water partition coefficient (Wildman–Crippen LogP) is 7.98. The van der Waals surface area contributed by atoms with Crippen LogP contribution in [-0.4, -0.2) is 36.2 Å². The number of hydrogen-bond acceptors (Lipinski definition) is 8. The molecular formula is C37H34Br2N4O6. The lowest BCUT2D eigenvalue weighted by molar-refractivity contribution is -0.121. The number of halogens is 2. The maximum atomic E-state index is 12.4. The third-order valence-corrected chi connectivity index (χ3v) is 8.32. The highest BCUT2D eigenvalue weighted by molar-refractivity contribution is 9.10. The largest absolute Gasteiger partial charge is 0.423 e. The van der Waals surface area contributed by atoms with Crippen LogP contribution >= 0.6 is 31.9 Å². The number of carbonyl (C=O) groups is 4. The summed E-state index contributed by atoms with van der Waals surface area (Å²) in [6.45, 7) is 0. The molecule has 0 aliphatic rings. The molecule has 2 N–H and O–H groups in total. The third-order valence-electron chi connectivity index (χ3n) is 6.94. The molecule has 0 saturated carbocycles. The van der Waals surface area contributed by atoms with Crippen molar-refractivity contribution in [3.05, 3.63) is 128 Å². The Morgan fingerprint density at radius 3 is 1.39 bits per heavy atom. The Morgan fingerprint density at radius 2 is 0.959 bits per heavy atom. The van der Waals surface area contributed by atoms with Gasteiger partial charge in [-0.05, 0) is 104 Å². The second kappa shape index (κ2) is 19.8. The van der Waals surface area contributed by atoms with E-state index in [1.54, 1.807) is 84.9 Å². The van der Waals surface area contributed by atoms with Crippen LogP contribution in [0.25, 0.3) is 0 Å². The van der Waals surface area contributed by atoms with E-state index in [0.29, 0.717) is 68.4 Å². The van der Waals surface area contributed by atoms with Crippen molar-refractivity contribution in [1.82, 2.24) is 10.9 Å². The van der Waals surface area contributed by atoms with Crippen molar-refractivity contribution >= 4 is 68.0 Å². The van der Waals surface area contributed by atoms with Crippen molar-refractivity contribution < 1.29 is 28.7 Å². The molecule has 0 aliphatic carbocycles. The molecule has 0 unspecified atom stereocenters. The van der Waals surface area contributed by atoms with Crippen LogP contribution in [0.15, 0.2) is 116 Å². The summed E-state index contributed by atoms with van der Waals surface area (Å²) in [6, 6.07) is 27.7. The van der Waals surface area contributed by atoms with Crippen LogP contribution in [0.5, 0.6) is 11.5 Å². The minimum Gasteiger partial charge on any atom is -0.423 e. The summed E-state index contributed by atoms with van der Waals surface area (Å²) in [5.74, 6) is -0.637. The molecule has 0 bridgehead atoms. The monoisotopic (exact) mass is 788 g/mol. The zero-order valence-corrected chi connectivity index (χ0v) is 29.6. The summed E-state index contributed by atoms with van der Waals surface area (Å²) in [4.78, 5) is 49.2. The average Bonchev–Trinajstić information content (AvgIpc) is 3.08. The summed E-state index contributed by atoms with van der Waals surface area (Å²) in [5, 5.41) is 8.01. The third kappa shape index (κ3) is 12.9. The Labute approximate surface area is 301 Å². The normalized spacial score (nSPS) is 11.0. The van der Waals surface area contributed by atoms with Crippen LogP contribution in [0.2, 0.25) is 0 Å². The van der Waals surface area contributed by atoms with E-state index in [1.807, 2.05) is 12.1 Å². The maximum Gasteiger partial charge on any atom is 0.344 e. The summed E-state index contributed by atoms with van der Waals surface area (Å²) in [6.07, 6.45) is 7.65. The first kappa shape index (κ1) is 36.9. The van der Waals surface area contributed by atoms with Crippen LogP contribution in [0.3, 0.4) is 0 Å². The number of rotatable bonds is 16. The number of amides is 2. The van der Waals surface area contributed by atoms with Crippen molar-refractivity contribution in [2.24, 2.45) is 10.2 Å². The molecule has 12 heteroatoms. The lowest BCUT2D eigenvalue weighted by Gasteiger charge is -2.06. The van der Waals surface area contributed by atoms with E-state index in [9.17, 15) is 19.2 Å². The molecule has 49 heavy (non-hydrogen) atoms. The van der Waals surface area contributed by atoms with E-state index in [1.165, 1.54) is 12.4 Å². The van der Waals surface area contributed by atoms with Crippen molar-refractivity contribution in [2.75, 3.05) is 0 Å². The Balaban J connectivity index is 1.06. The van der Waals surface area contributed by atoms with Gasteiger partial charge in [-0.25, -0.2) is 20.4 Å². The van der Waals surface area contributed by atoms with E-state index in [4.69, 9.17) is 9.47 Å². The van der Waals surface area contributed by atoms with Gasteiger partial charge in [0.25, 0.3) is 0 Å². The minimum absolute atomic E-state index is 0.196. The zero-order chi connectivity index (χ0) is 34.8. The zero-order valence-electron chi connectivity index (χ0n) is 26.4. The van der Waals surface area contributed by atoms with E-state index >= 15 is 0 Å². The number of nitrogens with one attached hydrogen (secondary N) is 2. The van der Waals surface area contributed by atoms with Crippen LogP contribution in [0, 0.1) is 0 Å². The molecule has 0 fully saturated rings. The van der Waals surface area contributed by atoms with E-state index in [-0.39, 0.29) is 11.8 Å². The van der Waals surface area contributed by atoms with Crippen molar-refractivity contribution in [1.29, 1.82) is 0 Å². The molecule has 4 rings (SSSR count). The Kier molecular flexibility index (Phi) is 14.9. The molecule has 0 atom stereocenters. The summed E-state index contributed by atoms with van der Waals surface area (Å²) < 4.78 is 12.2. The average molecular weight is 791 g/mol. The topological polar surface area (TPSA) is 136 Å². The van der Waals surface area contributed by atoms with Gasteiger partial charge in [0.2, 0.25) is 11.8 Å². The van der Waals surface area contributed by atoms with Gasteiger partial charge >= 0.3 is 11.9 Å². The molecule has 4 aromatic carbocycles. The summed E-state index contributed by atoms with van der Waals surface area (Å²) in [5.41, 5.74) is 7.20. The van der Waals surface area contributed by atoms with Gasteiger partial charge in [0.15, 0.2) is 0 Å². The summed E-state index contributed by atoms with van der Waals surface area (Å²) in [7, 11) is 0. The highest BCUT2D eigenvalue weighted by Crippen LogP contribution is 2.21. The number of ether oxygens (including phenoxy) is 2. The quantitative estimate of drug-likeness (QED) is 0.0389. The van der Waals surface area contributed by atoms with Gasteiger partial charge in [0, 0.05) is 21.8 Å². The van der Waals surface area contributed by atoms with Crippen molar-refractivity contribution in [3.63, 3.8) is 0 Å². The highest BCUT2D eigenvalue weighted by atomic mass is 79.9. The molecule has 2 amide bonds. The molecule has 4 aromatic rings. The van der Waals surface area contributed by atoms with E-state index < -0.39 is 11.9 Å². The minimum atomic E-state index is -0.485. The van der Waals surface area contributed by atoms with Gasteiger partial charge in [0.1, 0.15) is 11.5 Å². The molecule has 0 aromatic heterocycles. The fourth-order valence-corrected chi connectivity index (χ4v) is 5.36. The van der Waals surface area contributed by atoms with Gasteiger partial charge in [-0.3, -0.25) is 9.59 Å². The Hall–Kier alpha value is -4.94. The first-order valence-electron chi connectivity index (χ1n) is 15.6. The molecule has 10 nitrogen and oxygen atoms in total. The molecule has 0 radical (unpaired) electrons. The number of benzene rings is 4. The van der Waals surface area contributed by atoms with Crippen LogP contribution in [0.4, 0.5) is 0 Å². The second-order valence-corrected chi connectivity index (χ2v) is 12.4. The maximum absolute atomic E-state index is 12.4. The standard InChI is InChI=1S/C37H34Br2N4O6/c38-32-18-8-6-16-30(32)36(46)48-28-14-10-12-26(22-28)24-40-42-34(44)20-4-2-1-3-5-21-35(45)43-41-25-27-13-11-15-29(23-27)49-37(47)31-17-7-9-19-33(31)39/h6-19,22-25H,1-5,20-21H2,(H,42,44)(H,43,45). The van der Waals surface area contributed by atoms with Crippen LogP contribution in [-0.2, 0) is 9.59 Å². The first-order chi connectivity index (χ1) is 23.8. The number of nitrogens with zero attached hydrogens (tertiary/aromatic N) is 2. The number of carbonyl (C=O) groups excluding carboxylic acids is 4. The lowest BCUT2D eigenvalue weighted by atomic mass is 10.1. The van der Waals surface area contributed by atoms with Gasteiger partial charge in [0.05, 0.1) is 23.6 Å². The number of hydrazone groups is 2. The van der Waals surface area contributed by atoms with Gasteiger partial charge in [-0.1, -0.05) is 67.8 Å². The Morgan fingerprint density at radius 1 is 0.551 bits per heavy atom. The first-order valence-corrected chi connectivity index (χ1v) is 17.1. The lowest BCUT2D eigenvalue weighted by Crippen LogP contribution is -2.17. The molecule has 0 heterocycles. The molecular weight excluding hydrogens is 756 g/mol. The van der Waals surface area contributed by atoms with Crippen molar-refractivity contribution in [2.45, 2.75) is 44.9 Å². The predicted molar refractivity (Wildman–Crippen MR) is 195 cm³/mol. The fraction of sp³-hybridized carbons (Fsp3) is 0.189. The highest BCUT2D eigenvalue weighted by Gasteiger charge is 2.13. The Bertz CT molecular complexity index is 1700. The van der Waals surface area contributed by atoms with Crippen LogP contribution in [0.1, 0.15) is 76.8 Å². The molecule has 0 saturated heterocycles. The molecule has 0 aliphatic heterocycles.